The van der Waals surface area contributed by atoms with Crippen molar-refractivity contribution in [2.24, 2.45) is 0 Å². The highest BCUT2D eigenvalue weighted by Gasteiger charge is 2.02. The van der Waals surface area contributed by atoms with Crippen molar-refractivity contribution in [2.75, 3.05) is 12.4 Å². The van der Waals surface area contributed by atoms with E-state index in [9.17, 15) is 0 Å². The third-order valence-corrected chi connectivity index (χ3v) is 3.68. The molecule has 19 heavy (non-hydrogen) atoms. The van der Waals surface area contributed by atoms with Crippen LogP contribution >= 0.6 is 23.4 Å². The summed E-state index contributed by atoms with van der Waals surface area (Å²) in [6, 6.07) is 7.60. The Bertz CT molecular complexity index is 522. The number of hydrogen-bond acceptors (Lipinski definition) is 4. The highest BCUT2D eigenvalue weighted by Crippen LogP contribution is 2.25. The number of ether oxygens (including phenoxy) is 1. The van der Waals surface area contributed by atoms with Gasteiger partial charge in [0, 0.05) is 18.1 Å². The zero-order valence-electron chi connectivity index (χ0n) is 10.7. The molecule has 0 spiro atoms. The highest BCUT2D eigenvalue weighted by atomic mass is 35.5. The van der Waals surface area contributed by atoms with E-state index in [2.05, 4.69) is 9.97 Å². The molecule has 0 fully saturated rings. The summed E-state index contributed by atoms with van der Waals surface area (Å²) >= 11 is 7.68. The molecular weight excluding hydrogens is 280 g/mol. The normalized spacial score (nSPS) is 10.4. The average molecular weight is 295 g/mol. The quantitative estimate of drug-likeness (QED) is 0.458. The molecule has 0 bridgehead atoms. The molecule has 0 radical (unpaired) electrons. The van der Waals surface area contributed by atoms with Crippen LogP contribution in [0.1, 0.15) is 12.0 Å². The summed E-state index contributed by atoms with van der Waals surface area (Å²) in [5.41, 5.74) is 1.14. The van der Waals surface area contributed by atoms with Crippen molar-refractivity contribution in [1.82, 2.24) is 9.97 Å². The maximum atomic E-state index is 6.05. The van der Waals surface area contributed by atoms with E-state index in [1.54, 1.807) is 24.2 Å². The molecule has 5 heteroatoms. The summed E-state index contributed by atoms with van der Waals surface area (Å²) in [6.07, 6.45) is 4.42. The second-order valence-corrected chi connectivity index (χ2v) is 5.48. The van der Waals surface area contributed by atoms with Crippen LogP contribution in [0.3, 0.4) is 0 Å². The van der Waals surface area contributed by atoms with Crippen molar-refractivity contribution in [3.63, 3.8) is 0 Å². The van der Waals surface area contributed by atoms with Gasteiger partial charge < -0.3 is 4.74 Å². The summed E-state index contributed by atoms with van der Waals surface area (Å²) in [6.45, 7) is 2.66. The minimum absolute atomic E-state index is 0.642. The Balaban J connectivity index is 1.71. The number of rotatable bonds is 6. The van der Waals surface area contributed by atoms with Crippen molar-refractivity contribution >= 4 is 23.4 Å². The van der Waals surface area contributed by atoms with E-state index in [4.69, 9.17) is 16.3 Å². The van der Waals surface area contributed by atoms with E-state index in [1.807, 2.05) is 31.2 Å². The Morgan fingerprint density at radius 3 is 2.84 bits per heavy atom. The van der Waals surface area contributed by atoms with Crippen LogP contribution in [-0.2, 0) is 0 Å². The van der Waals surface area contributed by atoms with Crippen LogP contribution in [0.25, 0.3) is 0 Å². The molecule has 0 amide bonds. The lowest BCUT2D eigenvalue weighted by atomic mass is 10.2. The molecule has 100 valence electrons. The van der Waals surface area contributed by atoms with Crippen molar-refractivity contribution in [3.8, 4) is 5.75 Å². The van der Waals surface area contributed by atoms with E-state index in [0.29, 0.717) is 11.6 Å². The smallest absolute Gasteiger partial charge is 0.187 e. The van der Waals surface area contributed by atoms with Gasteiger partial charge in [-0.15, -0.1) is 0 Å². The Labute approximate surface area is 122 Å². The predicted octanol–water partition coefficient (Wildman–Crippen LogP) is 4.00. The summed E-state index contributed by atoms with van der Waals surface area (Å²) in [4.78, 5) is 8.30. The molecule has 0 N–H and O–H groups in total. The van der Waals surface area contributed by atoms with Gasteiger partial charge >= 0.3 is 0 Å². The Kier molecular flexibility index (Phi) is 5.48. The molecule has 2 aromatic rings. The predicted molar refractivity (Wildman–Crippen MR) is 79.1 cm³/mol. The number of aromatic nitrogens is 2. The minimum Gasteiger partial charge on any atom is -0.492 e. The van der Waals surface area contributed by atoms with Crippen LogP contribution in [-0.4, -0.2) is 22.3 Å². The van der Waals surface area contributed by atoms with Crippen molar-refractivity contribution < 1.29 is 4.74 Å². The molecule has 0 aliphatic carbocycles. The second kappa shape index (κ2) is 7.36. The first kappa shape index (κ1) is 14.2. The molecule has 0 aliphatic heterocycles. The number of aryl methyl sites for hydroxylation is 1. The minimum atomic E-state index is 0.642. The lowest BCUT2D eigenvalue weighted by Crippen LogP contribution is -2.00. The van der Waals surface area contributed by atoms with Crippen molar-refractivity contribution in [3.05, 3.63) is 47.2 Å². The fraction of sp³-hybridized carbons (Fsp3) is 0.286. The molecule has 0 saturated carbocycles. The highest BCUT2D eigenvalue weighted by molar-refractivity contribution is 7.99. The van der Waals surface area contributed by atoms with E-state index in [1.165, 1.54) is 0 Å². The third-order valence-electron chi connectivity index (χ3n) is 2.41. The zero-order chi connectivity index (χ0) is 13.5. The number of hydrogen-bond donors (Lipinski definition) is 0. The average Bonchev–Trinajstić information content (AvgIpc) is 2.43. The van der Waals surface area contributed by atoms with Gasteiger partial charge in [0.25, 0.3) is 0 Å². The Morgan fingerprint density at radius 2 is 2.05 bits per heavy atom. The van der Waals surface area contributed by atoms with Crippen LogP contribution in [0.15, 0.2) is 41.8 Å². The molecule has 0 saturated heterocycles. The standard InChI is InChI=1S/C14H15ClN2OS/c1-11-4-5-12(15)13(10-11)18-8-3-9-19-14-16-6-2-7-17-14/h2,4-7,10H,3,8-9H2,1H3. The first-order valence-electron chi connectivity index (χ1n) is 6.04. The Morgan fingerprint density at radius 1 is 1.26 bits per heavy atom. The van der Waals surface area contributed by atoms with Crippen molar-refractivity contribution in [2.45, 2.75) is 18.5 Å². The molecule has 1 heterocycles. The van der Waals surface area contributed by atoms with Gasteiger partial charge in [-0.25, -0.2) is 9.97 Å². The van der Waals surface area contributed by atoms with Gasteiger partial charge in [-0.2, -0.15) is 0 Å². The summed E-state index contributed by atoms with van der Waals surface area (Å²) < 4.78 is 5.67. The van der Waals surface area contributed by atoms with Crippen LogP contribution in [0.4, 0.5) is 0 Å². The molecule has 0 atom stereocenters. The van der Waals surface area contributed by atoms with Gasteiger partial charge in [-0.3, -0.25) is 0 Å². The molecule has 1 aromatic carbocycles. The van der Waals surface area contributed by atoms with Gasteiger partial charge in [0.1, 0.15) is 5.75 Å². The van der Waals surface area contributed by atoms with E-state index < -0.39 is 0 Å². The van der Waals surface area contributed by atoms with E-state index in [-0.39, 0.29) is 0 Å². The monoisotopic (exact) mass is 294 g/mol. The van der Waals surface area contributed by atoms with Gasteiger partial charge in [-0.1, -0.05) is 29.4 Å². The van der Waals surface area contributed by atoms with Crippen LogP contribution in [0, 0.1) is 6.92 Å². The summed E-state index contributed by atoms with van der Waals surface area (Å²) in [5.74, 6) is 1.68. The van der Waals surface area contributed by atoms with Gasteiger partial charge in [0.15, 0.2) is 5.16 Å². The lowest BCUT2D eigenvalue weighted by Gasteiger charge is -2.08. The third kappa shape index (κ3) is 4.73. The van der Waals surface area contributed by atoms with Gasteiger partial charge in [0.05, 0.1) is 11.6 Å². The van der Waals surface area contributed by atoms with Crippen LogP contribution in [0.5, 0.6) is 5.75 Å². The fourth-order valence-electron chi connectivity index (χ4n) is 1.49. The van der Waals surface area contributed by atoms with Crippen LogP contribution in [0.2, 0.25) is 5.02 Å². The molecule has 3 nitrogen and oxygen atoms in total. The SMILES string of the molecule is Cc1ccc(Cl)c(OCCCSc2ncccn2)c1. The summed E-state index contributed by atoms with van der Waals surface area (Å²) in [7, 11) is 0. The first-order chi connectivity index (χ1) is 9.25. The topological polar surface area (TPSA) is 35.0 Å². The molecule has 2 rings (SSSR count). The number of halogens is 1. The van der Waals surface area contributed by atoms with Gasteiger partial charge in [0.2, 0.25) is 0 Å². The fourth-order valence-corrected chi connectivity index (χ4v) is 2.37. The molecule has 0 aliphatic rings. The maximum absolute atomic E-state index is 6.05. The number of benzene rings is 1. The van der Waals surface area contributed by atoms with E-state index in [0.717, 1.165) is 28.6 Å². The number of thioether (sulfide) groups is 1. The van der Waals surface area contributed by atoms with E-state index >= 15 is 0 Å². The maximum Gasteiger partial charge on any atom is 0.187 e. The lowest BCUT2D eigenvalue weighted by molar-refractivity contribution is 0.318. The molecule has 1 aromatic heterocycles. The zero-order valence-corrected chi connectivity index (χ0v) is 12.2. The summed E-state index contributed by atoms with van der Waals surface area (Å²) in [5, 5.41) is 1.46. The molecule has 0 unspecified atom stereocenters. The number of nitrogens with zero attached hydrogens (tertiary/aromatic N) is 2. The molecular formula is C14H15ClN2OS. The largest absolute Gasteiger partial charge is 0.492 e. The first-order valence-corrected chi connectivity index (χ1v) is 7.41. The van der Waals surface area contributed by atoms with Crippen molar-refractivity contribution in [1.29, 1.82) is 0 Å². The van der Waals surface area contributed by atoms with Gasteiger partial charge in [-0.05, 0) is 37.1 Å². The Hall–Kier alpha value is -1.26. The second-order valence-electron chi connectivity index (χ2n) is 4.02. The van der Waals surface area contributed by atoms with Crippen LogP contribution < -0.4 is 4.74 Å².